The fourth-order valence-corrected chi connectivity index (χ4v) is 2.87. The summed E-state index contributed by atoms with van der Waals surface area (Å²) in [6.07, 6.45) is 0. The molecule has 0 atom stereocenters. The number of anilines is 2. The Morgan fingerprint density at radius 3 is 2.43 bits per heavy atom. The van der Waals surface area contributed by atoms with E-state index in [1.165, 1.54) is 12.1 Å². The fraction of sp³-hybridized carbons (Fsp3) is 0.333. The Kier molecular flexibility index (Phi) is 7.92. The van der Waals surface area contributed by atoms with Gasteiger partial charge in [-0.3, -0.25) is 24.5 Å². The lowest BCUT2D eigenvalue weighted by Gasteiger charge is -2.09. The maximum Gasteiger partial charge on any atom is 0.316 e. The van der Waals surface area contributed by atoms with E-state index >= 15 is 0 Å². The summed E-state index contributed by atoms with van der Waals surface area (Å²) in [5, 5.41) is 19.6. The molecular formula is C18H20N4O7S. The van der Waals surface area contributed by atoms with E-state index in [4.69, 9.17) is 9.26 Å². The number of rotatable bonds is 9. The first-order chi connectivity index (χ1) is 14.2. The van der Waals surface area contributed by atoms with Gasteiger partial charge in [-0.15, -0.1) is 11.8 Å². The summed E-state index contributed by atoms with van der Waals surface area (Å²) >= 11 is 0.995. The van der Waals surface area contributed by atoms with Gasteiger partial charge in [0, 0.05) is 12.1 Å². The number of nitro benzene ring substituents is 1. The highest BCUT2D eigenvalue weighted by Gasteiger charge is 2.18. The van der Waals surface area contributed by atoms with E-state index in [9.17, 15) is 24.5 Å². The molecule has 12 heteroatoms. The van der Waals surface area contributed by atoms with Crippen LogP contribution in [-0.4, -0.2) is 46.0 Å². The van der Waals surface area contributed by atoms with Gasteiger partial charge in [0.15, 0.2) is 12.4 Å². The molecule has 1 heterocycles. The first kappa shape index (κ1) is 22.9. The number of nitro groups is 1. The molecule has 0 aliphatic carbocycles. The Morgan fingerprint density at radius 2 is 1.80 bits per heavy atom. The van der Waals surface area contributed by atoms with Gasteiger partial charge in [-0.25, -0.2) is 0 Å². The van der Waals surface area contributed by atoms with Crippen molar-refractivity contribution in [2.24, 2.45) is 0 Å². The molecule has 0 spiro atoms. The molecule has 2 rings (SSSR count). The number of hydrogen-bond acceptors (Lipinski definition) is 9. The third-order valence-corrected chi connectivity index (χ3v) is 4.70. The lowest BCUT2D eigenvalue weighted by atomic mass is 10.1. The van der Waals surface area contributed by atoms with E-state index in [1.54, 1.807) is 26.8 Å². The molecule has 30 heavy (non-hydrogen) atoms. The highest BCUT2D eigenvalue weighted by Crippen LogP contribution is 2.27. The molecule has 2 amide bonds. The van der Waals surface area contributed by atoms with E-state index in [0.717, 1.165) is 17.3 Å². The van der Waals surface area contributed by atoms with E-state index < -0.39 is 23.4 Å². The lowest BCUT2D eigenvalue weighted by molar-refractivity contribution is -0.384. The minimum absolute atomic E-state index is 0.0258. The van der Waals surface area contributed by atoms with Crippen LogP contribution >= 0.6 is 11.8 Å². The zero-order valence-corrected chi connectivity index (χ0v) is 17.3. The Bertz CT molecular complexity index is 973. The van der Waals surface area contributed by atoms with Crippen molar-refractivity contribution in [2.45, 2.75) is 20.8 Å². The van der Waals surface area contributed by atoms with Crippen molar-refractivity contribution in [3.05, 3.63) is 45.2 Å². The van der Waals surface area contributed by atoms with Gasteiger partial charge >= 0.3 is 5.97 Å². The number of aromatic nitrogens is 1. The second kappa shape index (κ2) is 10.4. The zero-order valence-electron chi connectivity index (χ0n) is 16.5. The number of ether oxygens (including phenoxy) is 1. The van der Waals surface area contributed by atoms with Crippen molar-refractivity contribution in [1.29, 1.82) is 0 Å². The van der Waals surface area contributed by atoms with Gasteiger partial charge in [0.2, 0.25) is 5.91 Å². The molecule has 1 aromatic carbocycles. The van der Waals surface area contributed by atoms with Crippen LogP contribution in [0.5, 0.6) is 0 Å². The third kappa shape index (κ3) is 6.88. The molecule has 0 fully saturated rings. The molecule has 0 unspecified atom stereocenters. The smallest absolute Gasteiger partial charge is 0.316 e. The van der Waals surface area contributed by atoms with Crippen molar-refractivity contribution in [2.75, 3.05) is 28.7 Å². The highest BCUT2D eigenvalue weighted by molar-refractivity contribution is 8.00. The number of nitrogens with zero attached hydrogens (tertiary/aromatic N) is 2. The lowest BCUT2D eigenvalue weighted by Crippen LogP contribution is -2.22. The minimum Gasteiger partial charge on any atom is -0.455 e. The SMILES string of the molecule is Cc1cc(NC(=O)CSCC(=O)OCC(=O)Nc2cc(C)c(C)cc2[N+](=O)[O-])no1. The maximum absolute atomic E-state index is 12.0. The molecule has 0 saturated heterocycles. The molecule has 0 aliphatic rings. The Morgan fingerprint density at radius 1 is 1.10 bits per heavy atom. The maximum atomic E-state index is 12.0. The molecule has 160 valence electrons. The minimum atomic E-state index is -0.709. The number of carbonyl (C=O) groups excluding carboxylic acids is 3. The van der Waals surface area contributed by atoms with Crippen LogP contribution in [0.2, 0.25) is 0 Å². The first-order valence-corrected chi connectivity index (χ1v) is 9.83. The van der Waals surface area contributed by atoms with Gasteiger partial charge in [0.25, 0.3) is 11.6 Å². The Hall–Kier alpha value is -3.41. The Labute approximate surface area is 175 Å². The number of nitrogens with one attached hydrogen (secondary N) is 2. The van der Waals surface area contributed by atoms with Crippen LogP contribution in [0.1, 0.15) is 16.9 Å². The number of amides is 2. The number of aryl methyl sites for hydroxylation is 3. The average molecular weight is 436 g/mol. The standard InChI is InChI=1S/C18H20N4O7S/c1-10-4-13(14(22(26)27)5-11(10)2)19-16(23)7-28-18(25)9-30-8-17(24)20-15-6-12(3)29-21-15/h4-6H,7-9H2,1-3H3,(H,19,23)(H,20,21,24). The van der Waals surface area contributed by atoms with Crippen LogP contribution in [-0.2, 0) is 19.1 Å². The number of esters is 1. The third-order valence-electron chi connectivity index (χ3n) is 3.80. The van der Waals surface area contributed by atoms with Gasteiger partial charge in [-0.1, -0.05) is 5.16 Å². The number of carbonyl (C=O) groups is 3. The summed E-state index contributed by atoms with van der Waals surface area (Å²) in [7, 11) is 0. The summed E-state index contributed by atoms with van der Waals surface area (Å²) in [4.78, 5) is 46.0. The predicted octanol–water partition coefficient (Wildman–Crippen LogP) is 2.36. The number of thioether (sulfide) groups is 1. The van der Waals surface area contributed by atoms with Crippen molar-refractivity contribution in [3.8, 4) is 0 Å². The van der Waals surface area contributed by atoms with Crippen LogP contribution in [0.4, 0.5) is 17.2 Å². The van der Waals surface area contributed by atoms with E-state index in [1.807, 2.05) is 0 Å². The molecule has 0 radical (unpaired) electrons. The van der Waals surface area contributed by atoms with Gasteiger partial charge in [0.05, 0.1) is 16.4 Å². The molecule has 11 nitrogen and oxygen atoms in total. The van der Waals surface area contributed by atoms with Crippen LogP contribution in [0.3, 0.4) is 0 Å². The summed E-state index contributed by atoms with van der Waals surface area (Å²) in [6, 6.07) is 4.40. The molecule has 0 saturated carbocycles. The second-order valence-electron chi connectivity index (χ2n) is 6.28. The molecular weight excluding hydrogens is 416 g/mol. The van der Waals surface area contributed by atoms with Crippen LogP contribution < -0.4 is 10.6 Å². The van der Waals surface area contributed by atoms with Gasteiger partial charge in [-0.2, -0.15) is 0 Å². The monoisotopic (exact) mass is 436 g/mol. The van der Waals surface area contributed by atoms with Gasteiger partial charge in [-0.05, 0) is 38.0 Å². The summed E-state index contributed by atoms with van der Waals surface area (Å²) in [5.41, 5.74) is 1.26. The fourth-order valence-electron chi connectivity index (χ4n) is 2.26. The zero-order chi connectivity index (χ0) is 22.3. The molecule has 2 aromatic rings. The number of benzene rings is 1. The topological polar surface area (TPSA) is 154 Å². The van der Waals surface area contributed by atoms with E-state index in [0.29, 0.717) is 11.3 Å². The predicted molar refractivity (Wildman–Crippen MR) is 109 cm³/mol. The van der Waals surface area contributed by atoms with Crippen LogP contribution in [0.25, 0.3) is 0 Å². The van der Waals surface area contributed by atoms with Crippen LogP contribution in [0.15, 0.2) is 22.7 Å². The molecule has 2 N–H and O–H groups in total. The molecule has 0 bridgehead atoms. The second-order valence-corrected chi connectivity index (χ2v) is 7.27. The largest absolute Gasteiger partial charge is 0.455 e. The first-order valence-electron chi connectivity index (χ1n) is 8.67. The van der Waals surface area contributed by atoms with Crippen molar-refractivity contribution in [3.63, 3.8) is 0 Å². The van der Waals surface area contributed by atoms with Gasteiger partial charge < -0.3 is 19.9 Å². The average Bonchev–Trinajstić information content (AvgIpc) is 3.07. The quantitative estimate of drug-likeness (QED) is 0.342. The Balaban J connectivity index is 1.74. The van der Waals surface area contributed by atoms with Crippen molar-refractivity contribution >= 4 is 46.7 Å². The summed E-state index contributed by atoms with van der Waals surface area (Å²) in [5.74, 6) is -1.14. The molecule has 1 aromatic heterocycles. The normalized spacial score (nSPS) is 10.4. The number of hydrogen-bond donors (Lipinski definition) is 2. The van der Waals surface area contributed by atoms with E-state index in [-0.39, 0.29) is 34.6 Å². The van der Waals surface area contributed by atoms with Gasteiger partial charge in [0.1, 0.15) is 11.4 Å². The van der Waals surface area contributed by atoms with Crippen molar-refractivity contribution in [1.82, 2.24) is 5.16 Å². The van der Waals surface area contributed by atoms with Crippen LogP contribution in [0, 0.1) is 30.9 Å². The molecule has 0 aliphatic heterocycles. The van der Waals surface area contributed by atoms with Crippen molar-refractivity contribution < 1.29 is 28.6 Å². The summed E-state index contributed by atoms with van der Waals surface area (Å²) in [6.45, 7) is 4.56. The van der Waals surface area contributed by atoms with E-state index in [2.05, 4.69) is 15.8 Å². The summed E-state index contributed by atoms with van der Waals surface area (Å²) < 4.78 is 9.65. The highest BCUT2D eigenvalue weighted by atomic mass is 32.2.